The molecule has 4 atom stereocenters. The molecule has 2 rings (SSSR count). The Morgan fingerprint density at radius 1 is 0.667 bits per heavy atom. The summed E-state index contributed by atoms with van der Waals surface area (Å²) in [6, 6.07) is 12.4. The summed E-state index contributed by atoms with van der Waals surface area (Å²) < 4.78 is 0. The van der Waals surface area contributed by atoms with Crippen molar-refractivity contribution in [2.75, 3.05) is 19.8 Å². The number of aliphatic carboxylic acids is 1. The molecule has 13 nitrogen and oxygen atoms in total. The average molecular weight is 544 g/mol. The number of rotatable bonds is 15. The maximum atomic E-state index is 13.3. The van der Waals surface area contributed by atoms with Gasteiger partial charge in [0.2, 0.25) is 23.6 Å². The van der Waals surface area contributed by atoms with Crippen LogP contribution in [0, 0.1) is 0 Å². The lowest BCUT2D eigenvalue weighted by Gasteiger charge is -2.24. The number of carboxylic acid groups (broad SMARTS) is 1. The first-order valence-corrected chi connectivity index (χ1v) is 12.1. The molecule has 0 unspecified atom stereocenters. The summed E-state index contributed by atoms with van der Waals surface area (Å²) in [5.74, 6) is -4.51. The number of benzene rings is 2. The second-order valence-electron chi connectivity index (χ2n) is 8.65. The van der Waals surface area contributed by atoms with Gasteiger partial charge in [0.15, 0.2) is 0 Å². The van der Waals surface area contributed by atoms with Crippen LogP contribution in [0.1, 0.15) is 11.1 Å². The lowest BCUT2D eigenvalue weighted by atomic mass is 10.0. The van der Waals surface area contributed by atoms with Crippen molar-refractivity contribution in [3.8, 4) is 0 Å². The smallest absolute Gasteiger partial charge is 0.328 e. The molecule has 0 aromatic heterocycles. The summed E-state index contributed by atoms with van der Waals surface area (Å²) >= 11 is 0. The number of aliphatic hydroxyl groups excluding tert-OH is 2. The molecule has 0 aliphatic carbocycles. The number of nitrogens with one attached hydrogen (secondary N) is 4. The van der Waals surface area contributed by atoms with Crippen molar-refractivity contribution in [2.24, 2.45) is 5.73 Å². The summed E-state index contributed by atoms with van der Waals surface area (Å²) in [6.45, 7) is -2.08. The number of carbonyl (C=O) groups is 5. The average Bonchev–Trinajstić information content (AvgIpc) is 2.94. The Balaban J connectivity index is 2.19. The molecule has 0 heterocycles. The molecular weight excluding hydrogens is 510 g/mol. The Labute approximate surface area is 224 Å². The first kappa shape index (κ1) is 30.9. The normalized spacial score (nSPS) is 13.7. The topological polar surface area (TPSA) is 220 Å². The number of aliphatic hydroxyl groups is 2. The molecule has 2 aromatic rings. The van der Waals surface area contributed by atoms with Gasteiger partial charge < -0.3 is 42.3 Å². The van der Waals surface area contributed by atoms with Crippen LogP contribution >= 0.6 is 0 Å². The quantitative estimate of drug-likeness (QED) is 0.118. The van der Waals surface area contributed by atoms with Crippen LogP contribution in [0.25, 0.3) is 0 Å². The van der Waals surface area contributed by atoms with Crippen LogP contribution in [0.2, 0.25) is 0 Å². The predicted octanol–water partition coefficient (Wildman–Crippen LogP) is -2.56. The molecule has 0 bridgehead atoms. The van der Waals surface area contributed by atoms with E-state index in [1.165, 1.54) is 0 Å². The largest absolute Gasteiger partial charge is 0.480 e. The van der Waals surface area contributed by atoms with Gasteiger partial charge in [-0.2, -0.15) is 0 Å². The number of amides is 4. The number of hydrogen-bond acceptors (Lipinski definition) is 8. The Morgan fingerprint density at radius 2 is 1.15 bits per heavy atom. The fourth-order valence-electron chi connectivity index (χ4n) is 3.47. The van der Waals surface area contributed by atoms with Crippen LogP contribution < -0.4 is 27.0 Å². The highest BCUT2D eigenvalue weighted by atomic mass is 16.4. The molecule has 0 radical (unpaired) electrons. The van der Waals surface area contributed by atoms with E-state index < -0.39 is 73.5 Å². The van der Waals surface area contributed by atoms with Gasteiger partial charge in [0.1, 0.15) is 24.2 Å². The third-order valence-corrected chi connectivity index (χ3v) is 5.60. The molecule has 0 aliphatic rings. The molecule has 39 heavy (non-hydrogen) atoms. The van der Waals surface area contributed by atoms with Crippen molar-refractivity contribution in [1.29, 1.82) is 0 Å². The Kier molecular flexibility index (Phi) is 12.5. The molecule has 4 amide bonds. The zero-order chi connectivity index (χ0) is 28.8. The highest BCUT2D eigenvalue weighted by Gasteiger charge is 2.29. The van der Waals surface area contributed by atoms with Crippen LogP contribution in [0.4, 0.5) is 0 Å². The molecule has 0 saturated carbocycles. The van der Waals surface area contributed by atoms with Gasteiger partial charge in [0.25, 0.3) is 0 Å². The van der Waals surface area contributed by atoms with Gasteiger partial charge in [0, 0.05) is 12.8 Å². The number of nitrogens with two attached hydrogens (primary N) is 1. The van der Waals surface area contributed by atoms with E-state index in [0.717, 1.165) is 0 Å². The van der Waals surface area contributed by atoms with Crippen LogP contribution in [-0.2, 0) is 36.8 Å². The van der Waals surface area contributed by atoms with Gasteiger partial charge >= 0.3 is 5.97 Å². The summed E-state index contributed by atoms with van der Waals surface area (Å²) in [6.07, 6.45) is 0.104. The number of carboxylic acids is 1. The fourth-order valence-corrected chi connectivity index (χ4v) is 3.47. The Bertz CT molecular complexity index is 1120. The molecule has 210 valence electrons. The Morgan fingerprint density at radius 3 is 1.62 bits per heavy atom. The van der Waals surface area contributed by atoms with Crippen molar-refractivity contribution >= 4 is 29.6 Å². The number of hydrogen-bond donors (Lipinski definition) is 8. The van der Waals surface area contributed by atoms with Crippen LogP contribution in [0.3, 0.4) is 0 Å². The predicted molar refractivity (Wildman–Crippen MR) is 139 cm³/mol. The van der Waals surface area contributed by atoms with E-state index in [4.69, 9.17) is 15.9 Å². The zero-order valence-electron chi connectivity index (χ0n) is 21.1. The summed E-state index contributed by atoms with van der Waals surface area (Å²) in [4.78, 5) is 61.8. The minimum atomic E-state index is -1.54. The molecule has 0 spiro atoms. The molecular formula is C26H33N5O8. The third kappa shape index (κ3) is 10.5. The van der Waals surface area contributed by atoms with Crippen molar-refractivity contribution < 1.29 is 39.3 Å². The maximum absolute atomic E-state index is 13.3. The molecule has 9 N–H and O–H groups in total. The first-order valence-electron chi connectivity index (χ1n) is 12.1. The second-order valence-corrected chi connectivity index (χ2v) is 8.65. The Hall–Kier alpha value is -4.33. The van der Waals surface area contributed by atoms with E-state index in [2.05, 4.69) is 21.3 Å². The van der Waals surface area contributed by atoms with Crippen LogP contribution in [-0.4, -0.2) is 88.8 Å². The standard InChI is InChI=1S/C26H33N5O8/c27-18(14-32)23(35)30-20(12-17-9-5-2-6-10-17)25(37)31-19(11-16-7-3-1-4-8-16)24(36)28-13-22(34)29-21(15-33)26(38)39/h1-10,18-21,32-33H,11-15,27H2,(H,28,36)(H,29,34)(H,30,35)(H,31,37)(H,38,39)/t18-,19-,20-,21-/m0/s1. The van der Waals surface area contributed by atoms with Gasteiger partial charge in [-0.05, 0) is 11.1 Å². The van der Waals surface area contributed by atoms with E-state index in [-0.39, 0.29) is 12.8 Å². The highest BCUT2D eigenvalue weighted by Crippen LogP contribution is 2.07. The summed E-state index contributed by atoms with van der Waals surface area (Å²) in [7, 11) is 0. The van der Waals surface area contributed by atoms with Gasteiger partial charge in [0.05, 0.1) is 19.8 Å². The van der Waals surface area contributed by atoms with Crippen molar-refractivity contribution in [3.05, 3.63) is 71.8 Å². The summed E-state index contributed by atoms with van der Waals surface area (Å²) in [5, 5.41) is 36.8. The SMILES string of the molecule is N[C@@H](CO)C(=O)N[C@@H](Cc1ccccc1)C(=O)N[C@@H](Cc1ccccc1)C(=O)NCC(=O)N[C@@H](CO)C(=O)O. The maximum Gasteiger partial charge on any atom is 0.328 e. The first-order chi connectivity index (χ1) is 18.6. The zero-order valence-corrected chi connectivity index (χ0v) is 21.1. The van der Waals surface area contributed by atoms with Gasteiger partial charge in [-0.1, -0.05) is 60.7 Å². The van der Waals surface area contributed by atoms with Gasteiger partial charge in [-0.3, -0.25) is 19.2 Å². The van der Waals surface area contributed by atoms with Crippen molar-refractivity contribution in [1.82, 2.24) is 21.3 Å². The van der Waals surface area contributed by atoms with E-state index >= 15 is 0 Å². The molecule has 0 fully saturated rings. The van der Waals surface area contributed by atoms with E-state index in [1.54, 1.807) is 60.7 Å². The van der Waals surface area contributed by atoms with E-state index in [0.29, 0.717) is 11.1 Å². The van der Waals surface area contributed by atoms with Crippen molar-refractivity contribution in [3.63, 3.8) is 0 Å². The molecule has 0 saturated heterocycles. The third-order valence-electron chi connectivity index (χ3n) is 5.60. The molecule has 0 aliphatic heterocycles. The minimum Gasteiger partial charge on any atom is -0.480 e. The van der Waals surface area contributed by atoms with Crippen LogP contribution in [0.15, 0.2) is 60.7 Å². The lowest BCUT2D eigenvalue weighted by molar-refractivity contribution is -0.142. The number of carbonyl (C=O) groups excluding carboxylic acids is 4. The highest BCUT2D eigenvalue weighted by molar-refractivity contribution is 5.94. The molecule has 13 heteroatoms. The summed E-state index contributed by atoms with van der Waals surface area (Å²) in [5.41, 5.74) is 7.00. The van der Waals surface area contributed by atoms with E-state index in [9.17, 15) is 29.1 Å². The lowest BCUT2D eigenvalue weighted by Crippen LogP contribution is -2.58. The second kappa shape index (κ2) is 15.8. The molecule has 2 aromatic carbocycles. The van der Waals surface area contributed by atoms with Crippen LogP contribution in [0.5, 0.6) is 0 Å². The minimum absolute atomic E-state index is 0.0383. The van der Waals surface area contributed by atoms with E-state index in [1.807, 2.05) is 0 Å². The fraction of sp³-hybridized carbons (Fsp3) is 0.346. The van der Waals surface area contributed by atoms with Gasteiger partial charge in [-0.25, -0.2) is 4.79 Å². The van der Waals surface area contributed by atoms with Crippen molar-refractivity contribution in [2.45, 2.75) is 37.0 Å². The monoisotopic (exact) mass is 543 g/mol. The van der Waals surface area contributed by atoms with Gasteiger partial charge in [-0.15, -0.1) is 0 Å².